The van der Waals surface area contributed by atoms with Crippen LogP contribution in [0.25, 0.3) is 0 Å². The van der Waals surface area contributed by atoms with Crippen molar-refractivity contribution in [3.8, 4) is 0 Å². The first-order chi connectivity index (χ1) is 8.66. The predicted molar refractivity (Wildman–Crippen MR) is 40.1 cm³/mol. The van der Waals surface area contributed by atoms with Crippen LogP contribution in [0.15, 0.2) is 0 Å². The van der Waals surface area contributed by atoms with Gasteiger partial charge in [0.1, 0.15) is 0 Å². The topological polar surface area (TPSA) is 302 Å². The second kappa shape index (κ2) is 36.4. The van der Waals surface area contributed by atoms with Gasteiger partial charge in [-0.2, -0.15) is 0 Å². The van der Waals surface area contributed by atoms with Crippen molar-refractivity contribution in [2.75, 3.05) is 0 Å². The van der Waals surface area contributed by atoms with Crippen molar-refractivity contribution in [2.45, 2.75) is 0 Å². The summed E-state index contributed by atoms with van der Waals surface area (Å²) in [5.41, 5.74) is 0. The SMILES string of the molecule is O=C([O-])O.O=C([O-])O.O=C([O-])O.O=C([O-])O.O=C([O-])O.[Mo+4].[Na+]. The zero-order chi connectivity index (χ0) is 17.9. The van der Waals surface area contributed by atoms with Gasteiger partial charge in [0.15, 0.2) is 0 Å². The van der Waals surface area contributed by atoms with E-state index in [0.29, 0.717) is 0 Å². The van der Waals surface area contributed by atoms with Crippen molar-refractivity contribution in [1.29, 1.82) is 0 Å². The molecule has 22 heavy (non-hydrogen) atoms. The van der Waals surface area contributed by atoms with E-state index in [1.807, 2.05) is 0 Å². The van der Waals surface area contributed by atoms with Crippen LogP contribution in [0.3, 0.4) is 0 Å². The van der Waals surface area contributed by atoms with Crippen LogP contribution in [0.4, 0.5) is 24.0 Å². The van der Waals surface area contributed by atoms with E-state index in [-0.39, 0.29) is 50.6 Å². The van der Waals surface area contributed by atoms with Crippen molar-refractivity contribution in [3.63, 3.8) is 0 Å². The molecule has 0 aromatic rings. The van der Waals surface area contributed by atoms with Crippen LogP contribution < -0.4 is 55.1 Å². The third-order valence-corrected chi connectivity index (χ3v) is 0. The predicted octanol–water partition coefficient (Wildman–Crippen LogP) is -8.56. The zero-order valence-corrected chi connectivity index (χ0v) is 14.2. The van der Waals surface area contributed by atoms with Gasteiger partial charge in [-0.05, 0) is 0 Å². The number of rotatable bonds is 0. The molecule has 0 amide bonds. The van der Waals surface area contributed by atoms with E-state index in [0.717, 1.165) is 0 Å². The van der Waals surface area contributed by atoms with E-state index in [1.54, 1.807) is 0 Å². The van der Waals surface area contributed by atoms with Gasteiger partial charge in [0, 0.05) is 0 Å². The number of hydrogen-bond donors (Lipinski definition) is 5. The van der Waals surface area contributed by atoms with Gasteiger partial charge in [-0.1, -0.05) is 0 Å². The van der Waals surface area contributed by atoms with E-state index >= 15 is 0 Å². The Morgan fingerprint density at radius 1 is 0.455 bits per heavy atom. The van der Waals surface area contributed by atoms with Gasteiger partial charge in [0.05, 0.1) is 0 Å². The second-order valence-corrected chi connectivity index (χ2v) is 1.33. The van der Waals surface area contributed by atoms with Gasteiger partial charge in [-0.15, -0.1) is 0 Å². The standard InChI is InChI=1S/5CH2O3.Mo.Na/c5*2-1(3)4;;/h5*(H2,2,3,4);;/q;;;;;+4;+1/p-5. The quantitative estimate of drug-likeness (QED) is 0.225. The van der Waals surface area contributed by atoms with E-state index in [2.05, 4.69) is 0 Å². The number of carboxylic acid groups (broad SMARTS) is 10. The summed E-state index contributed by atoms with van der Waals surface area (Å²) in [6.45, 7) is 0. The van der Waals surface area contributed by atoms with Crippen molar-refractivity contribution >= 4 is 30.8 Å². The van der Waals surface area contributed by atoms with Crippen LogP contribution in [0.5, 0.6) is 0 Å². The maximum Gasteiger partial charge on any atom is 4.00 e. The fraction of sp³-hybridized carbons (Fsp3) is 0. The van der Waals surface area contributed by atoms with Crippen molar-refractivity contribution in [1.82, 2.24) is 0 Å². The minimum absolute atomic E-state index is 0. The van der Waals surface area contributed by atoms with Crippen LogP contribution >= 0.6 is 0 Å². The van der Waals surface area contributed by atoms with Crippen molar-refractivity contribution in [3.05, 3.63) is 0 Å². The van der Waals surface area contributed by atoms with E-state index in [4.69, 9.17) is 75.0 Å². The Labute approximate surface area is 156 Å². The summed E-state index contributed by atoms with van der Waals surface area (Å²) in [6.07, 6.45) is -10.4. The van der Waals surface area contributed by atoms with Crippen molar-refractivity contribution < 1.29 is 126 Å². The molecule has 0 saturated carbocycles. The zero-order valence-electron chi connectivity index (χ0n) is 10.2. The largest absolute Gasteiger partial charge is 4.00 e. The molecule has 0 aromatic heterocycles. The summed E-state index contributed by atoms with van der Waals surface area (Å²) in [7, 11) is 0. The molecule has 15 nitrogen and oxygen atoms in total. The first kappa shape index (κ1) is 42.7. The van der Waals surface area contributed by atoms with E-state index in [1.165, 1.54) is 0 Å². The summed E-state index contributed by atoms with van der Waals surface area (Å²) in [5, 5.41) is 76.5. The Balaban J connectivity index is -0.0000000250. The fourth-order valence-corrected chi connectivity index (χ4v) is 0. The molecular formula is C5H5MoNaO15. The minimum atomic E-state index is -2.08. The summed E-state index contributed by atoms with van der Waals surface area (Å²) in [5.74, 6) is 0. The number of carbonyl (C=O) groups is 5. The monoisotopic (exact) mass is 426 g/mol. The minimum Gasteiger partial charge on any atom is -0.565 e. The maximum atomic E-state index is 8.44. The normalized spacial score (nSPS) is 5.45. The van der Waals surface area contributed by atoms with Gasteiger partial charge in [-0.25, -0.2) is 0 Å². The molecule has 0 rings (SSSR count). The van der Waals surface area contributed by atoms with E-state index < -0.39 is 30.8 Å². The molecule has 0 aliphatic heterocycles. The molecule has 0 unspecified atom stereocenters. The van der Waals surface area contributed by atoms with E-state index in [9.17, 15) is 0 Å². The average Bonchev–Trinajstić information content (AvgIpc) is 1.94. The van der Waals surface area contributed by atoms with Crippen LogP contribution in [0, 0.1) is 0 Å². The van der Waals surface area contributed by atoms with Gasteiger partial charge in [0.2, 0.25) is 30.8 Å². The third kappa shape index (κ3) is 1360. The molecule has 0 aromatic carbocycles. The first-order valence-electron chi connectivity index (χ1n) is 3.16. The molecule has 5 N–H and O–H groups in total. The molecule has 0 aliphatic carbocycles. The Kier molecular flexibility index (Phi) is 70.8. The fourth-order valence-electron chi connectivity index (χ4n) is 0. The Morgan fingerprint density at radius 2 is 0.455 bits per heavy atom. The van der Waals surface area contributed by atoms with Gasteiger partial charge in [-0.3, -0.25) is 0 Å². The Hall–Kier alpha value is -1.96. The van der Waals surface area contributed by atoms with Crippen LogP contribution in [-0.2, 0) is 21.1 Å². The van der Waals surface area contributed by atoms with Crippen LogP contribution in [0.1, 0.15) is 0 Å². The average molecular weight is 424 g/mol. The molecule has 17 heteroatoms. The molecule has 0 saturated heterocycles. The molecule has 0 spiro atoms. The summed E-state index contributed by atoms with van der Waals surface area (Å²) >= 11 is 0. The maximum absolute atomic E-state index is 8.44. The summed E-state index contributed by atoms with van der Waals surface area (Å²) in [6, 6.07) is 0. The second-order valence-electron chi connectivity index (χ2n) is 1.33. The van der Waals surface area contributed by atoms with Gasteiger partial charge in [0.25, 0.3) is 0 Å². The van der Waals surface area contributed by atoms with Crippen molar-refractivity contribution in [2.24, 2.45) is 0 Å². The molecule has 0 heterocycles. The molecule has 122 valence electrons. The molecule has 0 aliphatic rings. The molecule has 0 fully saturated rings. The third-order valence-electron chi connectivity index (χ3n) is 0. The first-order valence-corrected chi connectivity index (χ1v) is 3.16. The smallest absolute Gasteiger partial charge is 0.565 e. The summed E-state index contributed by atoms with van der Waals surface area (Å²) in [4.78, 5) is 42.2. The molecule has 0 radical (unpaired) electrons. The molecular weight excluding hydrogens is 419 g/mol. The Morgan fingerprint density at radius 3 is 0.455 bits per heavy atom. The summed E-state index contributed by atoms with van der Waals surface area (Å²) < 4.78 is 0. The van der Waals surface area contributed by atoms with Gasteiger partial charge >= 0.3 is 50.6 Å². The number of hydrogen-bond acceptors (Lipinski definition) is 10. The molecule has 0 bridgehead atoms. The van der Waals surface area contributed by atoms with Crippen LogP contribution in [0.2, 0.25) is 0 Å². The van der Waals surface area contributed by atoms with Crippen LogP contribution in [-0.4, -0.2) is 56.3 Å². The molecule has 0 atom stereocenters. The Bertz CT molecular complexity index is 213. The van der Waals surface area contributed by atoms with Gasteiger partial charge < -0.3 is 75.0 Å².